The molecule has 0 bridgehead atoms. The lowest BCUT2D eigenvalue weighted by molar-refractivity contribution is 0.0790. The quantitative estimate of drug-likeness (QED) is 0.901. The van der Waals surface area contributed by atoms with Crippen molar-refractivity contribution in [2.24, 2.45) is 11.7 Å². The van der Waals surface area contributed by atoms with Gasteiger partial charge >= 0.3 is 0 Å². The molecule has 0 aromatic heterocycles. The Kier molecular flexibility index (Phi) is 4.43. The molecular weight excluding hydrogens is 240 g/mol. The molecule has 4 heteroatoms. The molecular formula is C15H22N2O2. The van der Waals surface area contributed by atoms with Crippen molar-refractivity contribution >= 4 is 5.91 Å². The van der Waals surface area contributed by atoms with Crippen molar-refractivity contribution in [1.82, 2.24) is 4.90 Å². The van der Waals surface area contributed by atoms with E-state index in [1.54, 1.807) is 0 Å². The third kappa shape index (κ3) is 3.70. The van der Waals surface area contributed by atoms with E-state index in [0.717, 1.165) is 18.7 Å². The molecule has 0 radical (unpaired) electrons. The first-order chi connectivity index (χ1) is 9.06. The van der Waals surface area contributed by atoms with Crippen LogP contribution < -0.4 is 10.5 Å². The second kappa shape index (κ2) is 6.06. The number of nitrogens with two attached hydrogens (primary N) is 1. The number of carbonyl (C=O) groups is 1. The minimum atomic E-state index is 0.0444. The van der Waals surface area contributed by atoms with E-state index in [0.29, 0.717) is 24.6 Å². The Morgan fingerprint density at radius 2 is 2.32 bits per heavy atom. The van der Waals surface area contributed by atoms with Crippen molar-refractivity contribution in [3.05, 3.63) is 29.8 Å². The summed E-state index contributed by atoms with van der Waals surface area (Å²) in [5.41, 5.74) is 6.51. The number of hydrogen-bond acceptors (Lipinski definition) is 3. The Labute approximate surface area is 114 Å². The monoisotopic (exact) mass is 262 g/mol. The van der Waals surface area contributed by atoms with Gasteiger partial charge in [0.05, 0.1) is 6.61 Å². The van der Waals surface area contributed by atoms with Crippen LogP contribution in [0.1, 0.15) is 30.6 Å². The van der Waals surface area contributed by atoms with Gasteiger partial charge in [0.15, 0.2) is 0 Å². The van der Waals surface area contributed by atoms with Gasteiger partial charge in [-0.25, -0.2) is 0 Å². The minimum absolute atomic E-state index is 0.0444. The lowest BCUT2D eigenvalue weighted by atomic mass is 10.2. The van der Waals surface area contributed by atoms with Crippen molar-refractivity contribution in [2.45, 2.75) is 26.3 Å². The molecule has 104 valence electrons. The SMILES string of the molecule is CC(C)COc1cccc(C(=O)N2CC[C@H](N)C2)c1. The molecule has 1 fully saturated rings. The molecule has 2 rings (SSSR count). The van der Waals surface area contributed by atoms with Gasteiger partial charge in [0.1, 0.15) is 5.75 Å². The van der Waals surface area contributed by atoms with Gasteiger partial charge in [0.2, 0.25) is 0 Å². The zero-order valence-corrected chi connectivity index (χ0v) is 11.6. The highest BCUT2D eigenvalue weighted by Gasteiger charge is 2.24. The Morgan fingerprint density at radius 3 is 2.95 bits per heavy atom. The van der Waals surface area contributed by atoms with Gasteiger partial charge < -0.3 is 15.4 Å². The van der Waals surface area contributed by atoms with E-state index in [1.807, 2.05) is 29.2 Å². The van der Waals surface area contributed by atoms with Crippen molar-refractivity contribution in [1.29, 1.82) is 0 Å². The summed E-state index contributed by atoms with van der Waals surface area (Å²) in [5, 5.41) is 0. The fourth-order valence-electron chi connectivity index (χ4n) is 2.14. The van der Waals surface area contributed by atoms with Gasteiger partial charge in [-0.3, -0.25) is 4.79 Å². The van der Waals surface area contributed by atoms with Gasteiger partial charge in [0.25, 0.3) is 5.91 Å². The van der Waals surface area contributed by atoms with Crippen molar-refractivity contribution in [2.75, 3.05) is 19.7 Å². The van der Waals surface area contributed by atoms with Gasteiger partial charge in [-0.05, 0) is 30.5 Å². The van der Waals surface area contributed by atoms with Gasteiger partial charge in [0, 0.05) is 24.7 Å². The van der Waals surface area contributed by atoms with Crippen LogP contribution in [0.15, 0.2) is 24.3 Å². The summed E-state index contributed by atoms with van der Waals surface area (Å²) < 4.78 is 5.65. The Hall–Kier alpha value is -1.55. The second-order valence-electron chi connectivity index (χ2n) is 5.53. The van der Waals surface area contributed by atoms with Gasteiger partial charge in [-0.2, -0.15) is 0 Å². The Balaban J connectivity index is 2.03. The average molecular weight is 262 g/mol. The second-order valence-corrected chi connectivity index (χ2v) is 5.53. The predicted molar refractivity (Wildman–Crippen MR) is 75.3 cm³/mol. The van der Waals surface area contributed by atoms with Crippen LogP contribution in [0.2, 0.25) is 0 Å². The number of benzene rings is 1. The maximum Gasteiger partial charge on any atom is 0.254 e. The van der Waals surface area contributed by atoms with E-state index in [-0.39, 0.29) is 11.9 Å². The highest BCUT2D eigenvalue weighted by atomic mass is 16.5. The van der Waals surface area contributed by atoms with E-state index in [9.17, 15) is 4.79 Å². The van der Waals surface area contributed by atoms with E-state index in [1.165, 1.54) is 0 Å². The molecule has 0 saturated carbocycles. The smallest absolute Gasteiger partial charge is 0.254 e. The number of nitrogens with zero attached hydrogens (tertiary/aromatic N) is 1. The molecule has 1 saturated heterocycles. The van der Waals surface area contributed by atoms with Crippen LogP contribution in [0.4, 0.5) is 0 Å². The molecule has 1 atom stereocenters. The predicted octanol–water partition coefficient (Wildman–Crippen LogP) is 1.89. The van der Waals surface area contributed by atoms with Crippen LogP contribution in [-0.4, -0.2) is 36.5 Å². The maximum atomic E-state index is 12.3. The molecule has 0 unspecified atom stereocenters. The van der Waals surface area contributed by atoms with Crippen LogP contribution >= 0.6 is 0 Å². The normalized spacial score (nSPS) is 18.9. The van der Waals surface area contributed by atoms with E-state index < -0.39 is 0 Å². The van der Waals surface area contributed by atoms with Crippen LogP contribution in [-0.2, 0) is 0 Å². The van der Waals surface area contributed by atoms with Crippen LogP contribution in [0, 0.1) is 5.92 Å². The first-order valence-corrected chi connectivity index (χ1v) is 6.84. The lowest BCUT2D eigenvalue weighted by Crippen LogP contribution is -2.31. The van der Waals surface area contributed by atoms with Crippen molar-refractivity contribution in [3.8, 4) is 5.75 Å². The highest BCUT2D eigenvalue weighted by molar-refractivity contribution is 5.94. The lowest BCUT2D eigenvalue weighted by Gasteiger charge is -2.16. The summed E-state index contributed by atoms with van der Waals surface area (Å²) >= 11 is 0. The fourth-order valence-corrected chi connectivity index (χ4v) is 2.14. The number of carbonyl (C=O) groups excluding carboxylic acids is 1. The molecule has 1 amide bonds. The standard InChI is InChI=1S/C15H22N2O2/c1-11(2)10-19-14-5-3-4-12(8-14)15(18)17-7-6-13(16)9-17/h3-5,8,11,13H,6-7,9-10,16H2,1-2H3/t13-/m0/s1. The summed E-state index contributed by atoms with van der Waals surface area (Å²) in [4.78, 5) is 14.1. The number of ether oxygens (including phenoxy) is 1. The van der Waals surface area contributed by atoms with Crippen molar-refractivity contribution < 1.29 is 9.53 Å². The summed E-state index contributed by atoms with van der Waals surface area (Å²) in [7, 11) is 0. The molecule has 4 nitrogen and oxygen atoms in total. The Morgan fingerprint density at radius 1 is 1.53 bits per heavy atom. The van der Waals surface area contributed by atoms with E-state index in [2.05, 4.69) is 13.8 Å². The van der Waals surface area contributed by atoms with Crippen molar-refractivity contribution in [3.63, 3.8) is 0 Å². The molecule has 0 spiro atoms. The summed E-state index contributed by atoms with van der Waals surface area (Å²) in [6, 6.07) is 7.50. The molecule has 1 heterocycles. The first-order valence-electron chi connectivity index (χ1n) is 6.84. The summed E-state index contributed by atoms with van der Waals surface area (Å²) in [5.74, 6) is 1.27. The van der Waals surface area contributed by atoms with Crippen LogP contribution in [0.25, 0.3) is 0 Å². The van der Waals surface area contributed by atoms with Gasteiger partial charge in [-0.1, -0.05) is 19.9 Å². The zero-order chi connectivity index (χ0) is 13.8. The number of hydrogen-bond donors (Lipinski definition) is 1. The third-order valence-corrected chi connectivity index (χ3v) is 3.18. The largest absolute Gasteiger partial charge is 0.493 e. The molecule has 1 aromatic carbocycles. The van der Waals surface area contributed by atoms with Gasteiger partial charge in [-0.15, -0.1) is 0 Å². The molecule has 1 aromatic rings. The molecule has 2 N–H and O–H groups in total. The van der Waals surface area contributed by atoms with Crippen LogP contribution in [0.5, 0.6) is 5.75 Å². The molecule has 1 aliphatic rings. The number of rotatable bonds is 4. The van der Waals surface area contributed by atoms with E-state index >= 15 is 0 Å². The van der Waals surface area contributed by atoms with Crippen LogP contribution in [0.3, 0.4) is 0 Å². The first kappa shape index (κ1) is 13.9. The zero-order valence-electron chi connectivity index (χ0n) is 11.6. The fraction of sp³-hybridized carbons (Fsp3) is 0.533. The molecule has 1 aliphatic heterocycles. The highest BCUT2D eigenvalue weighted by Crippen LogP contribution is 2.18. The summed E-state index contributed by atoms with van der Waals surface area (Å²) in [6.07, 6.45) is 0.884. The maximum absolute atomic E-state index is 12.3. The average Bonchev–Trinajstić information content (AvgIpc) is 2.82. The number of likely N-dealkylation sites (tertiary alicyclic amines) is 1. The number of amides is 1. The summed E-state index contributed by atoms with van der Waals surface area (Å²) in [6.45, 7) is 6.25. The Bertz CT molecular complexity index is 446. The molecule has 19 heavy (non-hydrogen) atoms. The van der Waals surface area contributed by atoms with E-state index in [4.69, 9.17) is 10.5 Å². The molecule has 0 aliphatic carbocycles. The third-order valence-electron chi connectivity index (χ3n) is 3.18. The minimum Gasteiger partial charge on any atom is -0.493 e. The topological polar surface area (TPSA) is 55.6 Å².